The monoisotopic (exact) mass is 347 g/mol. The van der Waals surface area contributed by atoms with Crippen LogP contribution in [0.3, 0.4) is 0 Å². The molecule has 5 rings (SSSR count). The molecule has 1 aliphatic carbocycles. The molecule has 1 fully saturated rings. The van der Waals surface area contributed by atoms with Crippen molar-refractivity contribution in [3.63, 3.8) is 0 Å². The highest BCUT2D eigenvalue weighted by atomic mass is 32.1. The van der Waals surface area contributed by atoms with E-state index in [4.69, 9.17) is 0 Å². The van der Waals surface area contributed by atoms with Crippen LogP contribution >= 0.6 is 11.3 Å². The number of fused-ring (bicyclic) bond motifs is 2. The lowest BCUT2D eigenvalue weighted by Crippen LogP contribution is -1.95. The summed E-state index contributed by atoms with van der Waals surface area (Å²) in [5.74, 6) is 0.907. The van der Waals surface area contributed by atoms with Gasteiger partial charge in [-0.3, -0.25) is 4.68 Å². The van der Waals surface area contributed by atoms with Crippen molar-refractivity contribution in [3.05, 3.63) is 47.6 Å². The van der Waals surface area contributed by atoms with Gasteiger partial charge < -0.3 is 0 Å². The van der Waals surface area contributed by atoms with Crippen molar-refractivity contribution < 1.29 is 0 Å². The molecule has 1 aromatic carbocycles. The lowest BCUT2D eigenvalue weighted by molar-refractivity contribution is 0.551. The number of aryl methyl sites for hydroxylation is 1. The van der Waals surface area contributed by atoms with E-state index in [9.17, 15) is 0 Å². The minimum absolute atomic E-state index is 0.808. The average Bonchev–Trinajstić information content (AvgIpc) is 3.31. The Hall–Kier alpha value is -2.20. The third-order valence-electron chi connectivity index (χ3n) is 5.34. The summed E-state index contributed by atoms with van der Waals surface area (Å²) in [5.41, 5.74) is 3.20. The number of aromatic nitrogens is 3. The van der Waals surface area contributed by atoms with Crippen LogP contribution in [0, 0.1) is 5.92 Å². The van der Waals surface area contributed by atoms with Crippen LogP contribution < -0.4 is 0 Å². The molecule has 1 saturated carbocycles. The molecule has 3 aromatic heterocycles. The number of thiophene rings is 1. The van der Waals surface area contributed by atoms with E-state index in [0.717, 1.165) is 22.5 Å². The molecule has 3 heterocycles. The summed E-state index contributed by atoms with van der Waals surface area (Å²) in [5, 5.41) is 6.82. The maximum atomic E-state index is 4.50. The fourth-order valence-electron chi connectivity index (χ4n) is 4.06. The summed E-state index contributed by atoms with van der Waals surface area (Å²) >= 11 is 1.96. The Labute approximate surface area is 151 Å². The van der Waals surface area contributed by atoms with E-state index in [1.54, 1.807) is 4.88 Å². The molecule has 0 amide bonds. The molecule has 25 heavy (non-hydrogen) atoms. The van der Waals surface area contributed by atoms with Crippen LogP contribution in [0.4, 0.5) is 0 Å². The Kier molecular flexibility index (Phi) is 3.59. The van der Waals surface area contributed by atoms with Gasteiger partial charge in [-0.1, -0.05) is 37.8 Å². The lowest BCUT2D eigenvalue weighted by Gasteiger charge is -2.05. The maximum absolute atomic E-state index is 4.50. The molecule has 0 aliphatic heterocycles. The van der Waals surface area contributed by atoms with Crippen molar-refractivity contribution >= 4 is 32.5 Å². The fourth-order valence-corrected chi connectivity index (χ4v) is 5.27. The predicted octanol–water partition coefficient (Wildman–Crippen LogP) is 5.58. The van der Waals surface area contributed by atoms with Gasteiger partial charge in [-0.05, 0) is 41.5 Å². The molecule has 0 radical (unpaired) electrons. The van der Waals surface area contributed by atoms with Crippen LogP contribution in [-0.2, 0) is 13.5 Å². The molecule has 0 N–H and O–H groups in total. The predicted molar refractivity (Wildman–Crippen MR) is 105 cm³/mol. The quantitative estimate of drug-likeness (QED) is 0.484. The summed E-state index contributed by atoms with van der Waals surface area (Å²) in [4.78, 5) is 6.05. The van der Waals surface area contributed by atoms with E-state index in [2.05, 4.69) is 40.4 Å². The molecule has 0 saturated heterocycles. The van der Waals surface area contributed by atoms with Crippen molar-refractivity contribution in [3.8, 4) is 11.1 Å². The number of nitrogens with zero attached hydrogens (tertiary/aromatic N) is 3. The summed E-state index contributed by atoms with van der Waals surface area (Å²) in [7, 11) is 1.94. The first-order chi connectivity index (χ1) is 12.2. The summed E-state index contributed by atoms with van der Waals surface area (Å²) in [6, 6.07) is 11.4. The first kappa shape index (κ1) is 15.1. The highest BCUT2D eigenvalue weighted by Crippen LogP contribution is 2.35. The first-order valence-electron chi connectivity index (χ1n) is 9.07. The molecule has 0 atom stereocenters. The topological polar surface area (TPSA) is 30.7 Å². The Morgan fingerprint density at radius 1 is 1.08 bits per heavy atom. The zero-order valence-electron chi connectivity index (χ0n) is 14.4. The second kappa shape index (κ2) is 5.95. The van der Waals surface area contributed by atoms with Gasteiger partial charge in [0.1, 0.15) is 0 Å². The molecular formula is C21H21N3S. The molecule has 0 bridgehead atoms. The third kappa shape index (κ3) is 2.85. The van der Waals surface area contributed by atoms with Gasteiger partial charge in [-0.2, -0.15) is 5.10 Å². The zero-order valence-corrected chi connectivity index (χ0v) is 15.2. The number of hydrogen-bond acceptors (Lipinski definition) is 3. The number of rotatable bonds is 3. The number of pyridine rings is 1. The van der Waals surface area contributed by atoms with Gasteiger partial charge >= 0.3 is 0 Å². The highest BCUT2D eigenvalue weighted by Gasteiger charge is 2.16. The van der Waals surface area contributed by atoms with E-state index < -0.39 is 0 Å². The standard InChI is InChI=1S/C21H21N3S/c1-24-13-18-9-17(12-22-21(18)23-24)15-6-7-16-10-19(25-20(16)11-15)8-14-4-2-3-5-14/h6-7,9-14H,2-5,8H2,1H3. The second-order valence-corrected chi connectivity index (χ2v) is 8.43. The maximum Gasteiger partial charge on any atom is 0.181 e. The van der Waals surface area contributed by atoms with Crippen LogP contribution in [0.25, 0.3) is 32.2 Å². The van der Waals surface area contributed by atoms with Crippen LogP contribution in [-0.4, -0.2) is 14.8 Å². The van der Waals surface area contributed by atoms with Gasteiger partial charge in [-0.15, -0.1) is 11.3 Å². The zero-order chi connectivity index (χ0) is 16.8. The van der Waals surface area contributed by atoms with Crippen molar-refractivity contribution in [1.29, 1.82) is 0 Å². The van der Waals surface area contributed by atoms with E-state index in [1.807, 2.05) is 35.5 Å². The van der Waals surface area contributed by atoms with Crippen LogP contribution in [0.5, 0.6) is 0 Å². The molecular weight excluding hydrogens is 326 g/mol. The molecule has 1 aliphatic rings. The van der Waals surface area contributed by atoms with Gasteiger partial charge in [0.2, 0.25) is 0 Å². The Balaban J connectivity index is 1.49. The molecule has 3 nitrogen and oxygen atoms in total. The fraction of sp³-hybridized carbons (Fsp3) is 0.333. The first-order valence-corrected chi connectivity index (χ1v) is 9.88. The van der Waals surface area contributed by atoms with E-state index in [1.165, 1.54) is 47.8 Å². The van der Waals surface area contributed by atoms with Crippen molar-refractivity contribution in [2.45, 2.75) is 32.1 Å². The minimum Gasteiger partial charge on any atom is -0.273 e. The minimum atomic E-state index is 0.808. The van der Waals surface area contributed by atoms with Gasteiger partial charge in [0.05, 0.1) is 0 Å². The Morgan fingerprint density at radius 2 is 1.96 bits per heavy atom. The van der Waals surface area contributed by atoms with Gasteiger partial charge in [0, 0.05) is 40.0 Å². The van der Waals surface area contributed by atoms with Gasteiger partial charge in [0.15, 0.2) is 5.65 Å². The van der Waals surface area contributed by atoms with Crippen molar-refractivity contribution in [2.75, 3.05) is 0 Å². The molecule has 126 valence electrons. The van der Waals surface area contributed by atoms with E-state index in [0.29, 0.717) is 0 Å². The molecule has 4 aromatic rings. The van der Waals surface area contributed by atoms with E-state index >= 15 is 0 Å². The van der Waals surface area contributed by atoms with Crippen LogP contribution in [0.15, 0.2) is 42.7 Å². The number of benzene rings is 1. The largest absolute Gasteiger partial charge is 0.273 e. The van der Waals surface area contributed by atoms with Gasteiger partial charge in [0.25, 0.3) is 0 Å². The Bertz CT molecular complexity index is 1050. The summed E-state index contributed by atoms with van der Waals surface area (Å²) in [6.07, 6.45) is 10.9. The molecule has 0 unspecified atom stereocenters. The molecule has 0 spiro atoms. The summed E-state index contributed by atoms with van der Waals surface area (Å²) < 4.78 is 3.20. The third-order valence-corrected chi connectivity index (χ3v) is 6.46. The highest BCUT2D eigenvalue weighted by molar-refractivity contribution is 7.19. The van der Waals surface area contributed by atoms with Crippen molar-refractivity contribution in [1.82, 2.24) is 14.8 Å². The number of hydrogen-bond donors (Lipinski definition) is 0. The van der Waals surface area contributed by atoms with Gasteiger partial charge in [-0.25, -0.2) is 4.98 Å². The second-order valence-electron chi connectivity index (χ2n) is 7.26. The lowest BCUT2D eigenvalue weighted by atomic mass is 10.0. The van der Waals surface area contributed by atoms with Crippen LogP contribution in [0.2, 0.25) is 0 Å². The Morgan fingerprint density at radius 3 is 2.84 bits per heavy atom. The normalized spacial score (nSPS) is 15.6. The molecule has 4 heteroatoms. The van der Waals surface area contributed by atoms with Crippen molar-refractivity contribution in [2.24, 2.45) is 13.0 Å². The summed E-state index contributed by atoms with van der Waals surface area (Å²) in [6.45, 7) is 0. The van der Waals surface area contributed by atoms with Crippen LogP contribution in [0.1, 0.15) is 30.6 Å². The smallest absolute Gasteiger partial charge is 0.181 e. The van der Waals surface area contributed by atoms with E-state index in [-0.39, 0.29) is 0 Å². The average molecular weight is 347 g/mol. The SMILES string of the molecule is Cn1cc2cc(-c3ccc4cc(CC5CCCC5)sc4c3)cnc2n1.